The molecule has 128 valence electrons. The normalized spacial score (nSPS) is 12.2. The zero-order valence-corrected chi connectivity index (χ0v) is 15.9. The van der Waals surface area contributed by atoms with Gasteiger partial charge in [0.25, 0.3) is 0 Å². The molecule has 0 radical (unpaired) electrons. The van der Waals surface area contributed by atoms with Crippen molar-refractivity contribution in [3.05, 3.63) is 70.8 Å². The van der Waals surface area contributed by atoms with Crippen molar-refractivity contribution in [2.24, 2.45) is 10.8 Å². The summed E-state index contributed by atoms with van der Waals surface area (Å²) in [6.07, 6.45) is 1.94. The molecule has 0 aliphatic heterocycles. The maximum absolute atomic E-state index is 12.9. The first-order valence-electron chi connectivity index (χ1n) is 8.76. The summed E-state index contributed by atoms with van der Waals surface area (Å²) in [7, 11) is 0. The summed E-state index contributed by atoms with van der Waals surface area (Å²) in [5.74, 6) is 0.113. The predicted molar refractivity (Wildman–Crippen MR) is 103 cm³/mol. The summed E-state index contributed by atoms with van der Waals surface area (Å²) in [6.45, 7) is 13.3. The van der Waals surface area contributed by atoms with E-state index in [-0.39, 0.29) is 16.6 Å². The second kappa shape index (κ2) is 6.93. The minimum Gasteiger partial charge on any atom is -0.289 e. The van der Waals surface area contributed by atoms with Crippen LogP contribution in [0.1, 0.15) is 68.6 Å². The minimum absolute atomic E-state index is 0.113. The Morgan fingerprint density at radius 2 is 1.08 bits per heavy atom. The van der Waals surface area contributed by atoms with Gasteiger partial charge in [-0.05, 0) is 46.9 Å². The minimum atomic E-state index is 0.113. The van der Waals surface area contributed by atoms with E-state index in [1.807, 2.05) is 36.4 Å². The topological polar surface area (TPSA) is 17.1 Å². The fourth-order valence-corrected chi connectivity index (χ4v) is 3.04. The maximum atomic E-state index is 12.9. The zero-order valence-electron chi connectivity index (χ0n) is 15.9. The highest BCUT2D eigenvalue weighted by Gasteiger charge is 2.16. The monoisotopic (exact) mass is 322 g/mol. The molecule has 1 nitrogen and oxygen atoms in total. The molecule has 1 heteroatoms. The van der Waals surface area contributed by atoms with Gasteiger partial charge in [-0.25, -0.2) is 0 Å². The molecule has 0 amide bonds. The van der Waals surface area contributed by atoms with Gasteiger partial charge in [0.2, 0.25) is 0 Å². The first-order valence-corrected chi connectivity index (χ1v) is 8.76. The molecule has 0 saturated heterocycles. The molecule has 0 aliphatic carbocycles. The van der Waals surface area contributed by atoms with E-state index in [0.717, 1.165) is 24.0 Å². The summed E-state index contributed by atoms with van der Waals surface area (Å²) in [5, 5.41) is 0. The molecule has 0 atom stereocenters. The van der Waals surface area contributed by atoms with Crippen molar-refractivity contribution >= 4 is 5.78 Å². The number of benzene rings is 2. The predicted octanol–water partition coefficient (Wildman–Crippen LogP) is 6.09. The Hall–Kier alpha value is -1.89. The first-order chi connectivity index (χ1) is 11.0. The van der Waals surface area contributed by atoms with Crippen molar-refractivity contribution in [2.45, 2.75) is 54.4 Å². The summed E-state index contributed by atoms with van der Waals surface area (Å²) < 4.78 is 0. The largest absolute Gasteiger partial charge is 0.289 e. The standard InChI is InChI=1S/C23H30O/c1-22(2,3)15-17-9-7-11-19(13-17)21(24)20-12-8-10-18(14-20)16-23(4,5)6/h7-14H,15-16H2,1-6H3. The number of rotatable bonds is 4. The van der Waals surface area contributed by atoms with Crippen LogP contribution >= 0.6 is 0 Å². The number of ketones is 1. The molecule has 0 bridgehead atoms. The molecule has 0 N–H and O–H groups in total. The number of carbonyl (C=O) groups is 1. The van der Waals surface area contributed by atoms with Crippen LogP contribution in [0.25, 0.3) is 0 Å². The lowest BCUT2D eigenvalue weighted by molar-refractivity contribution is 0.103. The van der Waals surface area contributed by atoms with Crippen LogP contribution < -0.4 is 0 Å². The highest BCUT2D eigenvalue weighted by atomic mass is 16.1. The number of hydrogen-bond donors (Lipinski definition) is 0. The smallest absolute Gasteiger partial charge is 0.193 e. The summed E-state index contributed by atoms with van der Waals surface area (Å²) in [5.41, 5.74) is 4.44. The van der Waals surface area contributed by atoms with Gasteiger partial charge in [-0.3, -0.25) is 4.79 Å². The lowest BCUT2D eigenvalue weighted by Gasteiger charge is -2.19. The molecule has 24 heavy (non-hydrogen) atoms. The van der Waals surface area contributed by atoms with E-state index >= 15 is 0 Å². The fraction of sp³-hybridized carbons (Fsp3) is 0.435. The van der Waals surface area contributed by atoms with Gasteiger partial charge in [0, 0.05) is 11.1 Å². The Balaban J connectivity index is 2.26. The quantitative estimate of drug-likeness (QED) is 0.622. The number of carbonyl (C=O) groups excluding carboxylic acids is 1. The van der Waals surface area contributed by atoms with Crippen molar-refractivity contribution < 1.29 is 4.79 Å². The fourth-order valence-electron chi connectivity index (χ4n) is 3.04. The second-order valence-corrected chi connectivity index (χ2v) is 9.20. The van der Waals surface area contributed by atoms with E-state index in [0.29, 0.717) is 0 Å². The van der Waals surface area contributed by atoms with Crippen molar-refractivity contribution in [3.8, 4) is 0 Å². The zero-order chi connectivity index (χ0) is 18.0. The number of hydrogen-bond acceptors (Lipinski definition) is 1. The Morgan fingerprint density at radius 1 is 0.708 bits per heavy atom. The molecular formula is C23H30O. The van der Waals surface area contributed by atoms with Crippen LogP contribution in [0.15, 0.2) is 48.5 Å². The van der Waals surface area contributed by atoms with E-state index < -0.39 is 0 Å². The average molecular weight is 322 g/mol. The van der Waals surface area contributed by atoms with Gasteiger partial charge >= 0.3 is 0 Å². The van der Waals surface area contributed by atoms with Crippen molar-refractivity contribution in [1.29, 1.82) is 0 Å². The van der Waals surface area contributed by atoms with Crippen LogP contribution in [0.2, 0.25) is 0 Å². The van der Waals surface area contributed by atoms with Gasteiger partial charge in [0.15, 0.2) is 5.78 Å². The third-order valence-corrected chi connectivity index (χ3v) is 3.85. The van der Waals surface area contributed by atoms with E-state index in [1.54, 1.807) is 0 Å². The maximum Gasteiger partial charge on any atom is 0.193 e. The van der Waals surface area contributed by atoms with Gasteiger partial charge in [-0.2, -0.15) is 0 Å². The Kier molecular flexibility index (Phi) is 5.32. The molecule has 0 saturated carbocycles. The van der Waals surface area contributed by atoms with Gasteiger partial charge in [0.05, 0.1) is 0 Å². The molecule has 0 unspecified atom stereocenters. The van der Waals surface area contributed by atoms with E-state index in [4.69, 9.17) is 0 Å². The molecule has 0 heterocycles. The molecular weight excluding hydrogens is 292 g/mol. The lowest BCUT2D eigenvalue weighted by Crippen LogP contribution is -2.11. The van der Waals surface area contributed by atoms with Crippen LogP contribution in [0.5, 0.6) is 0 Å². The Labute approximate surface area is 147 Å². The van der Waals surface area contributed by atoms with Gasteiger partial charge in [0.1, 0.15) is 0 Å². The lowest BCUT2D eigenvalue weighted by atomic mass is 9.86. The molecule has 2 rings (SSSR count). The van der Waals surface area contributed by atoms with E-state index in [9.17, 15) is 4.79 Å². The van der Waals surface area contributed by atoms with Gasteiger partial charge < -0.3 is 0 Å². The molecule has 0 aromatic heterocycles. The first kappa shape index (κ1) is 18.4. The average Bonchev–Trinajstić information content (AvgIpc) is 2.43. The molecule has 2 aromatic rings. The summed E-state index contributed by atoms with van der Waals surface area (Å²) >= 11 is 0. The highest BCUT2D eigenvalue weighted by Crippen LogP contribution is 2.24. The van der Waals surface area contributed by atoms with Crippen LogP contribution in [0.3, 0.4) is 0 Å². The van der Waals surface area contributed by atoms with Crippen LogP contribution in [-0.2, 0) is 12.8 Å². The molecule has 0 fully saturated rings. The van der Waals surface area contributed by atoms with Crippen LogP contribution in [-0.4, -0.2) is 5.78 Å². The van der Waals surface area contributed by atoms with Crippen molar-refractivity contribution in [3.63, 3.8) is 0 Å². The Bertz CT molecular complexity index is 650. The van der Waals surface area contributed by atoms with Crippen LogP contribution in [0, 0.1) is 10.8 Å². The Morgan fingerprint density at radius 3 is 1.42 bits per heavy atom. The highest BCUT2D eigenvalue weighted by molar-refractivity contribution is 6.09. The van der Waals surface area contributed by atoms with E-state index in [1.165, 1.54) is 11.1 Å². The third-order valence-electron chi connectivity index (χ3n) is 3.85. The van der Waals surface area contributed by atoms with Gasteiger partial charge in [-0.15, -0.1) is 0 Å². The second-order valence-electron chi connectivity index (χ2n) is 9.20. The summed E-state index contributed by atoms with van der Waals surface area (Å²) in [6, 6.07) is 16.1. The van der Waals surface area contributed by atoms with E-state index in [2.05, 4.69) is 53.7 Å². The summed E-state index contributed by atoms with van der Waals surface area (Å²) in [4.78, 5) is 12.9. The third kappa shape index (κ3) is 5.63. The molecule has 0 spiro atoms. The van der Waals surface area contributed by atoms with Crippen molar-refractivity contribution in [1.82, 2.24) is 0 Å². The molecule has 2 aromatic carbocycles. The SMILES string of the molecule is CC(C)(C)Cc1cccc(C(=O)c2cccc(CC(C)(C)C)c2)c1. The van der Waals surface area contributed by atoms with Gasteiger partial charge in [-0.1, -0.05) is 77.9 Å². The molecule has 0 aliphatic rings. The van der Waals surface area contributed by atoms with Crippen LogP contribution in [0.4, 0.5) is 0 Å². The van der Waals surface area contributed by atoms with Crippen molar-refractivity contribution in [2.75, 3.05) is 0 Å².